The summed E-state index contributed by atoms with van der Waals surface area (Å²) in [5, 5.41) is 4.04. The van der Waals surface area contributed by atoms with E-state index < -0.39 is 0 Å². The summed E-state index contributed by atoms with van der Waals surface area (Å²) < 4.78 is 0. The predicted octanol–water partition coefficient (Wildman–Crippen LogP) is 3.25. The van der Waals surface area contributed by atoms with E-state index in [-0.39, 0.29) is 0 Å². The fourth-order valence-electron chi connectivity index (χ4n) is 1.70. The molecule has 0 fully saturated rings. The van der Waals surface area contributed by atoms with Crippen LogP contribution in [0.1, 0.15) is 26.0 Å². The van der Waals surface area contributed by atoms with Gasteiger partial charge in [-0.05, 0) is 32.0 Å². The molecular weight excluding hydrogens is 246 g/mol. The smallest absolute Gasteiger partial charge is 0.129 e. The van der Waals surface area contributed by atoms with Crippen LogP contribution in [-0.2, 0) is 6.54 Å². The maximum absolute atomic E-state index is 6.16. The lowest BCUT2D eigenvalue weighted by Gasteiger charge is -2.21. The Balaban J connectivity index is 2.81. The standard InChI is InChI=1S/C14H22ClN3/c1-4-9-16-11-13-12(15)7-8-14(17-13)18(6-3)10-5-2/h5,7-8,16H,2,4,6,9-11H2,1,3H3. The zero-order valence-electron chi connectivity index (χ0n) is 11.2. The first-order chi connectivity index (χ1) is 8.72. The number of hydrogen-bond donors (Lipinski definition) is 1. The van der Waals surface area contributed by atoms with Crippen LogP contribution < -0.4 is 10.2 Å². The maximum atomic E-state index is 6.16. The van der Waals surface area contributed by atoms with E-state index in [1.165, 1.54) is 0 Å². The number of aromatic nitrogens is 1. The summed E-state index contributed by atoms with van der Waals surface area (Å²) in [6.45, 7) is 11.4. The molecule has 0 atom stereocenters. The lowest BCUT2D eigenvalue weighted by Crippen LogP contribution is -2.24. The number of anilines is 1. The van der Waals surface area contributed by atoms with Gasteiger partial charge in [-0.1, -0.05) is 24.6 Å². The van der Waals surface area contributed by atoms with Gasteiger partial charge in [0.2, 0.25) is 0 Å². The molecule has 3 nitrogen and oxygen atoms in total. The van der Waals surface area contributed by atoms with Gasteiger partial charge in [-0.2, -0.15) is 0 Å². The van der Waals surface area contributed by atoms with E-state index in [4.69, 9.17) is 11.6 Å². The first-order valence-electron chi connectivity index (χ1n) is 6.44. The normalized spacial score (nSPS) is 10.4. The van der Waals surface area contributed by atoms with Gasteiger partial charge in [0.15, 0.2) is 0 Å². The van der Waals surface area contributed by atoms with E-state index in [0.29, 0.717) is 6.54 Å². The quantitative estimate of drug-likeness (QED) is 0.579. The summed E-state index contributed by atoms with van der Waals surface area (Å²) in [6, 6.07) is 3.87. The zero-order valence-corrected chi connectivity index (χ0v) is 12.0. The van der Waals surface area contributed by atoms with Crippen LogP contribution in [0.4, 0.5) is 5.82 Å². The second-order valence-corrected chi connectivity index (χ2v) is 4.51. The lowest BCUT2D eigenvalue weighted by atomic mass is 10.3. The van der Waals surface area contributed by atoms with Crippen molar-refractivity contribution in [3.8, 4) is 0 Å². The molecule has 0 saturated carbocycles. The van der Waals surface area contributed by atoms with Gasteiger partial charge in [0, 0.05) is 19.6 Å². The number of hydrogen-bond acceptors (Lipinski definition) is 3. The van der Waals surface area contributed by atoms with Crippen molar-refractivity contribution in [1.82, 2.24) is 10.3 Å². The highest BCUT2D eigenvalue weighted by molar-refractivity contribution is 6.31. The van der Waals surface area contributed by atoms with Crippen LogP contribution in [0.25, 0.3) is 0 Å². The number of pyridine rings is 1. The van der Waals surface area contributed by atoms with Crippen molar-refractivity contribution in [2.24, 2.45) is 0 Å². The summed E-state index contributed by atoms with van der Waals surface area (Å²) in [5.74, 6) is 0.954. The van der Waals surface area contributed by atoms with Crippen molar-refractivity contribution in [3.05, 3.63) is 35.5 Å². The molecule has 0 amide bonds. The van der Waals surface area contributed by atoms with Crippen molar-refractivity contribution in [1.29, 1.82) is 0 Å². The molecule has 100 valence electrons. The van der Waals surface area contributed by atoms with Gasteiger partial charge in [-0.25, -0.2) is 4.98 Å². The number of nitrogens with one attached hydrogen (secondary N) is 1. The Morgan fingerprint density at radius 2 is 2.22 bits per heavy atom. The molecule has 1 aromatic heterocycles. The van der Waals surface area contributed by atoms with E-state index in [9.17, 15) is 0 Å². The maximum Gasteiger partial charge on any atom is 0.129 e. The topological polar surface area (TPSA) is 28.2 Å². The zero-order chi connectivity index (χ0) is 13.4. The molecule has 0 spiro atoms. The molecule has 1 aromatic rings. The third kappa shape index (κ3) is 4.31. The van der Waals surface area contributed by atoms with E-state index in [1.54, 1.807) is 0 Å². The van der Waals surface area contributed by atoms with Crippen LogP contribution in [0.3, 0.4) is 0 Å². The Morgan fingerprint density at radius 1 is 1.44 bits per heavy atom. The van der Waals surface area contributed by atoms with Gasteiger partial charge in [0.05, 0.1) is 10.7 Å². The molecular formula is C14H22ClN3. The first kappa shape index (κ1) is 15.0. The fourth-order valence-corrected chi connectivity index (χ4v) is 1.87. The molecule has 1 N–H and O–H groups in total. The van der Waals surface area contributed by atoms with Gasteiger partial charge < -0.3 is 10.2 Å². The summed E-state index contributed by atoms with van der Waals surface area (Å²) in [4.78, 5) is 6.78. The van der Waals surface area contributed by atoms with Crippen LogP contribution in [0.2, 0.25) is 5.02 Å². The average molecular weight is 268 g/mol. The fraction of sp³-hybridized carbons (Fsp3) is 0.500. The van der Waals surface area contributed by atoms with Gasteiger partial charge in [-0.15, -0.1) is 6.58 Å². The minimum Gasteiger partial charge on any atom is -0.353 e. The Hall–Kier alpha value is -1.06. The van der Waals surface area contributed by atoms with Crippen molar-refractivity contribution < 1.29 is 0 Å². The van der Waals surface area contributed by atoms with E-state index >= 15 is 0 Å². The van der Waals surface area contributed by atoms with Crippen molar-refractivity contribution in [2.45, 2.75) is 26.8 Å². The monoisotopic (exact) mass is 267 g/mol. The molecule has 0 aliphatic carbocycles. The largest absolute Gasteiger partial charge is 0.353 e. The summed E-state index contributed by atoms with van der Waals surface area (Å²) in [7, 11) is 0. The van der Waals surface area contributed by atoms with Gasteiger partial charge in [0.25, 0.3) is 0 Å². The molecule has 18 heavy (non-hydrogen) atoms. The number of likely N-dealkylation sites (N-methyl/N-ethyl adjacent to an activating group) is 1. The molecule has 0 saturated heterocycles. The Labute approximate surface area is 115 Å². The summed E-state index contributed by atoms with van der Waals surface area (Å²) in [5.41, 5.74) is 0.908. The van der Waals surface area contributed by atoms with Gasteiger partial charge >= 0.3 is 0 Å². The molecule has 0 aliphatic rings. The second-order valence-electron chi connectivity index (χ2n) is 4.10. The minimum absolute atomic E-state index is 0.714. The third-order valence-corrected chi connectivity index (χ3v) is 3.02. The molecule has 1 rings (SSSR count). The van der Waals surface area contributed by atoms with Gasteiger partial charge in [0.1, 0.15) is 5.82 Å². The molecule has 4 heteroatoms. The molecule has 0 radical (unpaired) electrons. The molecule has 0 aromatic carbocycles. The highest BCUT2D eigenvalue weighted by Crippen LogP contribution is 2.19. The van der Waals surface area contributed by atoms with E-state index in [0.717, 1.165) is 42.6 Å². The minimum atomic E-state index is 0.714. The Kier molecular flexibility index (Phi) is 6.76. The number of nitrogens with zero attached hydrogens (tertiary/aromatic N) is 2. The molecule has 0 aliphatic heterocycles. The number of halogens is 1. The average Bonchev–Trinajstić information content (AvgIpc) is 2.38. The van der Waals surface area contributed by atoms with Crippen molar-refractivity contribution in [3.63, 3.8) is 0 Å². The molecule has 1 heterocycles. The van der Waals surface area contributed by atoms with Crippen molar-refractivity contribution in [2.75, 3.05) is 24.5 Å². The van der Waals surface area contributed by atoms with Crippen LogP contribution in [0.15, 0.2) is 24.8 Å². The van der Waals surface area contributed by atoms with Crippen molar-refractivity contribution >= 4 is 17.4 Å². The van der Waals surface area contributed by atoms with E-state index in [1.807, 2.05) is 18.2 Å². The predicted molar refractivity (Wildman–Crippen MR) is 79.3 cm³/mol. The molecule has 0 unspecified atom stereocenters. The van der Waals surface area contributed by atoms with Crippen LogP contribution in [0, 0.1) is 0 Å². The van der Waals surface area contributed by atoms with Crippen LogP contribution in [-0.4, -0.2) is 24.6 Å². The molecule has 0 bridgehead atoms. The van der Waals surface area contributed by atoms with Crippen LogP contribution >= 0.6 is 11.6 Å². The second kappa shape index (κ2) is 8.11. The third-order valence-electron chi connectivity index (χ3n) is 2.68. The lowest BCUT2D eigenvalue weighted by molar-refractivity contribution is 0.663. The summed E-state index contributed by atoms with van der Waals surface area (Å²) >= 11 is 6.16. The highest BCUT2D eigenvalue weighted by atomic mass is 35.5. The SMILES string of the molecule is C=CCN(CC)c1ccc(Cl)c(CNCCC)n1. The highest BCUT2D eigenvalue weighted by Gasteiger charge is 2.08. The first-order valence-corrected chi connectivity index (χ1v) is 6.82. The summed E-state index contributed by atoms with van der Waals surface area (Å²) in [6.07, 6.45) is 2.99. The van der Waals surface area contributed by atoms with Gasteiger partial charge in [-0.3, -0.25) is 0 Å². The Morgan fingerprint density at radius 3 is 2.83 bits per heavy atom. The number of rotatable bonds is 8. The Bertz CT molecular complexity index is 379. The van der Waals surface area contributed by atoms with Crippen LogP contribution in [0.5, 0.6) is 0 Å². The van der Waals surface area contributed by atoms with E-state index in [2.05, 4.69) is 35.6 Å².